The highest BCUT2D eigenvalue weighted by Gasteiger charge is 2.62. The van der Waals surface area contributed by atoms with Crippen LogP contribution in [-0.2, 0) is 14.3 Å². The van der Waals surface area contributed by atoms with Gasteiger partial charge in [0.15, 0.2) is 0 Å². The van der Waals surface area contributed by atoms with E-state index in [1.54, 1.807) is 20.8 Å². The van der Waals surface area contributed by atoms with Gasteiger partial charge in [-0.1, -0.05) is 0 Å². The number of alkyl carbamates (subject to hydrolysis) is 1. The number of methoxy groups -OCH3 is 1. The first kappa shape index (κ1) is 14.8. The minimum Gasteiger partial charge on any atom is -0.467 e. The number of hydrogen-bond donors (Lipinski definition) is 2. The van der Waals surface area contributed by atoms with Gasteiger partial charge in [0.05, 0.1) is 7.11 Å². The molecule has 104 valence electrons. The van der Waals surface area contributed by atoms with Crippen LogP contribution in [0.1, 0.15) is 33.6 Å². The Labute approximate surface area is 107 Å². The average molecular weight is 259 g/mol. The summed E-state index contributed by atoms with van der Waals surface area (Å²) in [7, 11) is 1.27. The van der Waals surface area contributed by atoms with Gasteiger partial charge in [0.2, 0.25) is 0 Å². The summed E-state index contributed by atoms with van der Waals surface area (Å²) in [4.78, 5) is 23.4. The maximum absolute atomic E-state index is 11.7. The van der Waals surface area contributed by atoms with Crippen molar-refractivity contribution in [3.8, 4) is 0 Å². The third-order valence-corrected chi connectivity index (χ3v) is 2.86. The molecular formula is C12H21NO5. The Morgan fingerprint density at radius 2 is 2.06 bits per heavy atom. The molecule has 2 atom stereocenters. The second-order valence-electron chi connectivity index (χ2n) is 5.50. The fraction of sp³-hybridized carbons (Fsp3) is 0.833. The monoisotopic (exact) mass is 259 g/mol. The van der Waals surface area contributed by atoms with Gasteiger partial charge in [-0.3, -0.25) is 0 Å². The second kappa shape index (κ2) is 5.14. The van der Waals surface area contributed by atoms with E-state index in [-0.39, 0.29) is 12.5 Å². The first-order valence-electron chi connectivity index (χ1n) is 5.95. The molecule has 0 aromatic carbocycles. The molecule has 1 saturated carbocycles. The standard InChI is InChI=1S/C12H21NO5/c1-11(2,3)18-10(16)13-12(9(15)17-4)7-8(12)5-6-14/h8,14H,5-7H2,1-4H3,(H,13,16)/t8-,12+/m1/s1. The first-order chi connectivity index (χ1) is 8.25. The van der Waals surface area contributed by atoms with Gasteiger partial charge in [0.25, 0.3) is 0 Å². The van der Waals surface area contributed by atoms with Crippen molar-refractivity contribution >= 4 is 12.1 Å². The summed E-state index contributed by atoms with van der Waals surface area (Å²) in [5, 5.41) is 11.5. The van der Waals surface area contributed by atoms with Gasteiger partial charge in [-0.2, -0.15) is 0 Å². The van der Waals surface area contributed by atoms with Gasteiger partial charge in [-0.05, 0) is 39.5 Å². The molecule has 2 N–H and O–H groups in total. The molecule has 0 spiro atoms. The maximum Gasteiger partial charge on any atom is 0.408 e. The summed E-state index contributed by atoms with van der Waals surface area (Å²) in [6.45, 7) is 5.21. The highest BCUT2D eigenvalue weighted by atomic mass is 16.6. The first-order valence-corrected chi connectivity index (χ1v) is 5.95. The molecule has 0 unspecified atom stereocenters. The zero-order chi connectivity index (χ0) is 14.0. The molecule has 1 amide bonds. The van der Waals surface area contributed by atoms with E-state index in [0.717, 1.165) is 0 Å². The molecule has 0 aliphatic heterocycles. The molecule has 0 radical (unpaired) electrons. The quantitative estimate of drug-likeness (QED) is 0.730. The molecule has 1 aliphatic carbocycles. The number of rotatable bonds is 4. The lowest BCUT2D eigenvalue weighted by Crippen LogP contribution is -2.47. The maximum atomic E-state index is 11.7. The van der Waals surface area contributed by atoms with Gasteiger partial charge in [-0.25, -0.2) is 9.59 Å². The van der Waals surface area contributed by atoms with Gasteiger partial charge >= 0.3 is 12.1 Å². The fourth-order valence-corrected chi connectivity index (χ4v) is 1.96. The van der Waals surface area contributed by atoms with Crippen molar-refractivity contribution in [1.29, 1.82) is 0 Å². The summed E-state index contributed by atoms with van der Waals surface area (Å²) >= 11 is 0. The van der Waals surface area contributed by atoms with Crippen molar-refractivity contribution in [1.82, 2.24) is 5.32 Å². The van der Waals surface area contributed by atoms with E-state index in [4.69, 9.17) is 14.6 Å². The summed E-state index contributed by atoms with van der Waals surface area (Å²) in [6, 6.07) is 0. The Bertz CT molecular complexity index is 336. The van der Waals surface area contributed by atoms with Crippen molar-refractivity contribution in [2.45, 2.75) is 44.8 Å². The molecule has 1 fully saturated rings. The molecule has 0 aromatic heterocycles. The summed E-state index contributed by atoms with van der Waals surface area (Å²) in [6.07, 6.45) is 0.276. The SMILES string of the molecule is COC(=O)[C@]1(NC(=O)OC(C)(C)C)C[C@H]1CCO. The van der Waals surface area contributed by atoms with Gasteiger partial charge < -0.3 is 19.9 Å². The normalized spacial score (nSPS) is 26.4. The van der Waals surface area contributed by atoms with Crippen LogP contribution in [0.4, 0.5) is 4.79 Å². The largest absolute Gasteiger partial charge is 0.467 e. The van der Waals surface area contributed by atoms with Crippen LogP contribution in [0.3, 0.4) is 0 Å². The number of aliphatic hydroxyl groups is 1. The van der Waals surface area contributed by atoms with E-state index in [1.807, 2.05) is 0 Å². The Morgan fingerprint density at radius 1 is 1.44 bits per heavy atom. The van der Waals surface area contributed by atoms with Gasteiger partial charge in [0.1, 0.15) is 11.1 Å². The highest BCUT2D eigenvalue weighted by molar-refractivity contribution is 5.89. The molecule has 0 saturated heterocycles. The molecule has 0 heterocycles. The summed E-state index contributed by atoms with van der Waals surface area (Å²) < 4.78 is 9.81. The number of amides is 1. The number of hydrogen-bond acceptors (Lipinski definition) is 5. The lowest BCUT2D eigenvalue weighted by atomic mass is 10.1. The molecular weight excluding hydrogens is 238 g/mol. The molecule has 0 bridgehead atoms. The number of ether oxygens (including phenoxy) is 2. The Balaban J connectivity index is 2.65. The Hall–Kier alpha value is -1.30. The smallest absolute Gasteiger partial charge is 0.408 e. The summed E-state index contributed by atoms with van der Waals surface area (Å²) in [5.74, 6) is -0.589. The fourth-order valence-electron chi connectivity index (χ4n) is 1.96. The highest BCUT2D eigenvalue weighted by Crippen LogP contribution is 2.46. The second-order valence-corrected chi connectivity index (χ2v) is 5.50. The average Bonchev–Trinajstić information content (AvgIpc) is 2.89. The Kier molecular flexibility index (Phi) is 4.21. The van der Waals surface area contributed by atoms with Gasteiger partial charge in [-0.15, -0.1) is 0 Å². The number of aliphatic hydroxyl groups excluding tert-OH is 1. The molecule has 6 nitrogen and oxygen atoms in total. The van der Waals surface area contributed by atoms with Crippen molar-refractivity contribution in [3.05, 3.63) is 0 Å². The van der Waals surface area contributed by atoms with Crippen molar-refractivity contribution < 1.29 is 24.2 Å². The van der Waals surface area contributed by atoms with Crippen molar-refractivity contribution in [3.63, 3.8) is 0 Å². The number of carbonyl (C=O) groups excluding carboxylic acids is 2. The van der Waals surface area contributed by atoms with Crippen LogP contribution >= 0.6 is 0 Å². The Morgan fingerprint density at radius 3 is 2.50 bits per heavy atom. The predicted molar refractivity (Wildman–Crippen MR) is 63.9 cm³/mol. The molecule has 0 aromatic rings. The van der Waals surface area contributed by atoms with Crippen molar-refractivity contribution in [2.24, 2.45) is 5.92 Å². The third-order valence-electron chi connectivity index (χ3n) is 2.86. The van der Waals surface area contributed by atoms with Crippen LogP contribution in [0.25, 0.3) is 0 Å². The van der Waals surface area contributed by atoms with E-state index < -0.39 is 23.2 Å². The molecule has 6 heteroatoms. The van der Waals surface area contributed by atoms with Crippen molar-refractivity contribution in [2.75, 3.05) is 13.7 Å². The number of carbonyl (C=O) groups is 2. The van der Waals surface area contributed by atoms with Crippen LogP contribution in [0.5, 0.6) is 0 Å². The van der Waals surface area contributed by atoms with Crippen LogP contribution in [-0.4, -0.2) is 42.0 Å². The number of nitrogens with one attached hydrogen (secondary N) is 1. The molecule has 1 aliphatic rings. The number of esters is 1. The minimum absolute atomic E-state index is 0.0284. The predicted octanol–water partition coefficient (Wildman–Crippen LogP) is 0.825. The van der Waals surface area contributed by atoms with E-state index in [1.165, 1.54) is 7.11 Å². The van der Waals surface area contributed by atoms with E-state index in [0.29, 0.717) is 12.8 Å². The van der Waals surface area contributed by atoms with E-state index >= 15 is 0 Å². The zero-order valence-electron chi connectivity index (χ0n) is 11.3. The van der Waals surface area contributed by atoms with E-state index in [2.05, 4.69) is 5.32 Å². The zero-order valence-corrected chi connectivity index (χ0v) is 11.3. The lowest BCUT2D eigenvalue weighted by Gasteiger charge is -2.23. The topological polar surface area (TPSA) is 84.9 Å². The van der Waals surface area contributed by atoms with Crippen LogP contribution in [0.15, 0.2) is 0 Å². The summed E-state index contributed by atoms with van der Waals surface area (Å²) in [5.41, 5.74) is -1.65. The molecule has 18 heavy (non-hydrogen) atoms. The molecule has 1 rings (SSSR count). The lowest BCUT2D eigenvalue weighted by molar-refractivity contribution is -0.145. The van der Waals surface area contributed by atoms with E-state index in [9.17, 15) is 9.59 Å². The van der Waals surface area contributed by atoms with Crippen LogP contribution in [0, 0.1) is 5.92 Å². The van der Waals surface area contributed by atoms with Crippen LogP contribution in [0.2, 0.25) is 0 Å². The third kappa shape index (κ3) is 3.35. The minimum atomic E-state index is -1.03. The van der Waals surface area contributed by atoms with Gasteiger partial charge in [0, 0.05) is 6.61 Å². The van der Waals surface area contributed by atoms with Crippen LogP contribution < -0.4 is 5.32 Å².